The van der Waals surface area contributed by atoms with E-state index < -0.39 is 16.7 Å². The third-order valence-electron chi connectivity index (χ3n) is 5.18. The Morgan fingerprint density at radius 3 is 2.77 bits per heavy atom. The van der Waals surface area contributed by atoms with Crippen LogP contribution in [0.15, 0.2) is 42.6 Å². The van der Waals surface area contributed by atoms with Gasteiger partial charge in [0.1, 0.15) is 5.65 Å². The average Bonchev–Trinajstić information content (AvgIpc) is 2.87. The molecule has 3 aromatic rings. The van der Waals surface area contributed by atoms with Crippen LogP contribution in [0.4, 0.5) is 18.9 Å². The first-order valence-corrected chi connectivity index (χ1v) is 9.59. The number of pyridine rings is 1. The van der Waals surface area contributed by atoms with Crippen LogP contribution in [0.1, 0.15) is 17.7 Å². The molecule has 1 N–H and O–H groups in total. The fourth-order valence-corrected chi connectivity index (χ4v) is 3.68. The zero-order valence-electron chi connectivity index (χ0n) is 16.0. The minimum absolute atomic E-state index is 0.0922. The van der Waals surface area contributed by atoms with Gasteiger partial charge in [-0.05, 0) is 31.6 Å². The van der Waals surface area contributed by atoms with Crippen molar-refractivity contribution in [1.82, 2.24) is 19.6 Å². The van der Waals surface area contributed by atoms with Gasteiger partial charge in [0, 0.05) is 43.5 Å². The number of alkyl halides is 3. The van der Waals surface area contributed by atoms with E-state index in [1.807, 2.05) is 0 Å². The summed E-state index contributed by atoms with van der Waals surface area (Å²) in [5.41, 5.74) is 1.05. The summed E-state index contributed by atoms with van der Waals surface area (Å²) in [5.74, 6) is 0. The van der Waals surface area contributed by atoms with Gasteiger partial charge in [0.05, 0.1) is 21.9 Å². The van der Waals surface area contributed by atoms with Crippen molar-refractivity contribution >= 4 is 11.3 Å². The summed E-state index contributed by atoms with van der Waals surface area (Å²) < 4.78 is 41.4. The van der Waals surface area contributed by atoms with Crippen molar-refractivity contribution in [3.05, 3.63) is 64.0 Å². The molecule has 0 aliphatic carbocycles. The van der Waals surface area contributed by atoms with Crippen LogP contribution >= 0.6 is 0 Å². The molecule has 158 valence electrons. The second-order valence-corrected chi connectivity index (χ2v) is 7.24. The minimum atomic E-state index is -4.48. The lowest BCUT2D eigenvalue weighted by Gasteiger charge is -2.20. The van der Waals surface area contributed by atoms with Crippen LogP contribution in [0.2, 0.25) is 0 Å². The van der Waals surface area contributed by atoms with Crippen molar-refractivity contribution < 1.29 is 18.1 Å². The Morgan fingerprint density at radius 2 is 2.00 bits per heavy atom. The summed E-state index contributed by atoms with van der Waals surface area (Å²) >= 11 is 0. The summed E-state index contributed by atoms with van der Waals surface area (Å²) in [5, 5.41) is 14.5. The van der Waals surface area contributed by atoms with Gasteiger partial charge in [0.15, 0.2) is 0 Å². The van der Waals surface area contributed by atoms with Crippen molar-refractivity contribution in [3.8, 4) is 11.3 Å². The number of nitrogens with one attached hydrogen (secondary N) is 1. The molecule has 0 spiro atoms. The molecule has 0 radical (unpaired) electrons. The van der Waals surface area contributed by atoms with Crippen molar-refractivity contribution in [2.75, 3.05) is 26.2 Å². The first kappa shape index (κ1) is 20.3. The van der Waals surface area contributed by atoms with Gasteiger partial charge < -0.3 is 9.72 Å². The first-order valence-electron chi connectivity index (χ1n) is 9.59. The zero-order chi connectivity index (χ0) is 21.3. The monoisotopic (exact) mass is 419 g/mol. The normalized spacial score (nSPS) is 16.0. The van der Waals surface area contributed by atoms with Gasteiger partial charge in [-0.1, -0.05) is 12.1 Å². The lowest BCUT2D eigenvalue weighted by molar-refractivity contribution is -0.384. The molecule has 0 saturated carbocycles. The van der Waals surface area contributed by atoms with Crippen LogP contribution in [-0.2, 0) is 12.7 Å². The number of hydrogen-bond donors (Lipinski definition) is 1. The average molecular weight is 419 g/mol. The smallest absolute Gasteiger partial charge is 0.315 e. The van der Waals surface area contributed by atoms with Crippen LogP contribution in [0.5, 0.6) is 0 Å². The van der Waals surface area contributed by atoms with Gasteiger partial charge in [-0.3, -0.25) is 15.0 Å². The van der Waals surface area contributed by atoms with Crippen molar-refractivity contribution in [2.45, 2.75) is 19.1 Å². The fraction of sp³-hybridized carbons (Fsp3) is 0.350. The Kier molecular flexibility index (Phi) is 5.44. The minimum Gasteiger partial charge on any atom is -0.315 e. The highest BCUT2D eigenvalue weighted by molar-refractivity contribution is 5.69. The van der Waals surface area contributed by atoms with Crippen molar-refractivity contribution in [3.63, 3.8) is 0 Å². The van der Waals surface area contributed by atoms with E-state index in [1.165, 1.54) is 22.6 Å². The van der Waals surface area contributed by atoms with E-state index in [1.54, 1.807) is 12.1 Å². The molecule has 10 heteroatoms. The number of nitrogens with zero attached hydrogens (tertiary/aromatic N) is 4. The van der Waals surface area contributed by atoms with E-state index in [0.29, 0.717) is 29.1 Å². The summed E-state index contributed by atoms with van der Waals surface area (Å²) in [6.07, 6.45) is -2.50. The maximum absolute atomic E-state index is 13.3. The van der Waals surface area contributed by atoms with E-state index >= 15 is 0 Å². The third-order valence-corrected chi connectivity index (χ3v) is 5.18. The Labute approximate surface area is 170 Å². The highest BCUT2D eigenvalue weighted by Gasteiger charge is 2.31. The lowest BCUT2D eigenvalue weighted by Crippen LogP contribution is -2.28. The molecule has 0 amide bonds. The molecule has 0 bridgehead atoms. The molecule has 0 unspecified atom stereocenters. The number of benzene rings is 1. The van der Waals surface area contributed by atoms with E-state index in [4.69, 9.17) is 0 Å². The molecule has 1 aliphatic heterocycles. The number of non-ortho nitro benzene ring substituents is 1. The van der Waals surface area contributed by atoms with Gasteiger partial charge in [-0.2, -0.15) is 13.2 Å². The Hall–Kier alpha value is -2.98. The molecular weight excluding hydrogens is 399 g/mol. The number of rotatable bonds is 4. The molecule has 1 fully saturated rings. The lowest BCUT2D eigenvalue weighted by atomic mass is 10.1. The number of nitro benzene ring substituents is 1. The summed E-state index contributed by atoms with van der Waals surface area (Å²) in [6, 6.07) is 8.35. The van der Waals surface area contributed by atoms with E-state index in [9.17, 15) is 23.3 Å². The van der Waals surface area contributed by atoms with Gasteiger partial charge in [0.2, 0.25) is 0 Å². The fourth-order valence-electron chi connectivity index (χ4n) is 3.68. The number of aromatic nitrogens is 2. The highest BCUT2D eigenvalue weighted by atomic mass is 19.4. The van der Waals surface area contributed by atoms with Crippen LogP contribution in [-0.4, -0.2) is 45.4 Å². The summed E-state index contributed by atoms with van der Waals surface area (Å²) in [4.78, 5) is 17.4. The first-order chi connectivity index (χ1) is 14.3. The molecule has 1 saturated heterocycles. The predicted octanol–water partition coefficient (Wildman–Crippen LogP) is 3.72. The molecule has 1 aliphatic rings. The number of nitro groups is 1. The molecule has 1 aromatic carbocycles. The summed E-state index contributed by atoms with van der Waals surface area (Å²) in [6.45, 7) is 3.62. The molecule has 2 aromatic heterocycles. The standard InChI is InChI=1S/C20H20F3N5O2/c21-20(22,23)15-5-6-18-25-19(14-3-1-4-16(11-14)28(29)30)17(27(18)12-15)13-26-9-2-7-24-8-10-26/h1,3-6,11-12,24H,2,7-10,13H2. The maximum Gasteiger partial charge on any atom is 0.417 e. The van der Waals surface area contributed by atoms with Gasteiger partial charge >= 0.3 is 6.18 Å². The quantitative estimate of drug-likeness (QED) is 0.515. The van der Waals surface area contributed by atoms with Crippen LogP contribution in [0, 0.1) is 10.1 Å². The van der Waals surface area contributed by atoms with Crippen LogP contribution in [0.25, 0.3) is 16.9 Å². The third kappa shape index (κ3) is 4.14. The van der Waals surface area contributed by atoms with Gasteiger partial charge in [-0.15, -0.1) is 0 Å². The topological polar surface area (TPSA) is 75.7 Å². The second-order valence-electron chi connectivity index (χ2n) is 7.24. The zero-order valence-corrected chi connectivity index (χ0v) is 16.0. The van der Waals surface area contributed by atoms with E-state index in [-0.39, 0.29) is 5.69 Å². The molecule has 3 heterocycles. The Morgan fingerprint density at radius 1 is 1.17 bits per heavy atom. The number of halogens is 3. The molecule has 0 atom stereocenters. The second kappa shape index (κ2) is 8.04. The molecular formula is C20H20F3N5O2. The van der Waals surface area contributed by atoms with Crippen molar-refractivity contribution in [2.24, 2.45) is 0 Å². The largest absolute Gasteiger partial charge is 0.417 e. The predicted molar refractivity (Wildman–Crippen MR) is 105 cm³/mol. The molecule has 7 nitrogen and oxygen atoms in total. The number of hydrogen-bond acceptors (Lipinski definition) is 5. The maximum atomic E-state index is 13.3. The van der Waals surface area contributed by atoms with E-state index in [0.717, 1.165) is 44.9 Å². The molecule has 30 heavy (non-hydrogen) atoms. The highest BCUT2D eigenvalue weighted by Crippen LogP contribution is 2.32. The molecule has 4 rings (SSSR count). The van der Waals surface area contributed by atoms with Crippen molar-refractivity contribution in [1.29, 1.82) is 0 Å². The Bertz CT molecular complexity index is 1070. The van der Waals surface area contributed by atoms with Gasteiger partial charge in [0.25, 0.3) is 5.69 Å². The number of fused-ring (bicyclic) bond motifs is 1. The SMILES string of the molecule is O=[N+]([O-])c1cccc(-c2nc3ccc(C(F)(F)F)cn3c2CN2CCCNCC2)c1. The number of imidazole rings is 1. The van der Waals surface area contributed by atoms with Gasteiger partial charge in [-0.25, -0.2) is 4.98 Å². The van der Waals surface area contributed by atoms with E-state index in [2.05, 4.69) is 15.2 Å². The van der Waals surface area contributed by atoms with Crippen LogP contribution < -0.4 is 5.32 Å². The summed E-state index contributed by atoms with van der Waals surface area (Å²) in [7, 11) is 0. The van der Waals surface area contributed by atoms with Crippen LogP contribution in [0.3, 0.4) is 0 Å². The Balaban J connectivity index is 1.85.